The maximum absolute atomic E-state index is 9.01. The summed E-state index contributed by atoms with van der Waals surface area (Å²) in [7, 11) is -1.48. The topological polar surface area (TPSA) is 35.9 Å². The lowest BCUT2D eigenvalue weighted by Crippen LogP contribution is -2.46. The third-order valence-corrected chi connectivity index (χ3v) is 7.20. The van der Waals surface area contributed by atoms with Gasteiger partial charge in [0.05, 0.1) is 5.33 Å². The summed E-state index contributed by atoms with van der Waals surface area (Å²) in [5.41, 5.74) is 4.85. The Balaban J connectivity index is 2.10. The van der Waals surface area contributed by atoms with Gasteiger partial charge in [-0.15, -0.1) is 0 Å². The lowest BCUT2D eigenvalue weighted by Gasteiger charge is -2.26. The van der Waals surface area contributed by atoms with Crippen LogP contribution in [0.5, 0.6) is 0 Å². The van der Waals surface area contributed by atoms with Crippen molar-refractivity contribution in [3.05, 3.63) is 95.6 Å². The molecule has 143 valence electrons. The van der Waals surface area contributed by atoms with Crippen LogP contribution in [0, 0.1) is 5.41 Å². The van der Waals surface area contributed by atoms with Crippen LogP contribution < -0.4 is 10.2 Å². The Morgan fingerprint density at radius 1 is 0.714 bits per heavy atom. The first-order valence-corrected chi connectivity index (χ1v) is 11.5. The summed E-state index contributed by atoms with van der Waals surface area (Å²) < 4.78 is 0. The van der Waals surface area contributed by atoms with Gasteiger partial charge in [0, 0.05) is 5.69 Å². The summed E-state index contributed by atoms with van der Waals surface area (Å²) in [6.45, 7) is 8.95. The Morgan fingerprint density at radius 2 is 1.21 bits per heavy atom. The van der Waals surface area contributed by atoms with Crippen LogP contribution in [0.3, 0.4) is 0 Å². The molecule has 3 heteroatoms. The molecule has 0 amide bonds. The van der Waals surface area contributed by atoms with E-state index in [2.05, 4.69) is 75.1 Å². The lowest BCUT2D eigenvalue weighted by molar-refractivity contribution is 0.839. The number of nitrogens with one attached hydrogen (secondary N) is 2. The van der Waals surface area contributed by atoms with Gasteiger partial charge < -0.3 is 10.4 Å². The van der Waals surface area contributed by atoms with E-state index >= 15 is 0 Å². The average Bonchev–Trinajstić information content (AvgIpc) is 2.72. The fraction of sp³-hybridized carbons (Fsp3) is 0.240. The van der Waals surface area contributed by atoms with Crippen molar-refractivity contribution in [3.8, 4) is 0 Å². The minimum Gasteiger partial charge on any atom is -0.402 e. The smallest absolute Gasteiger partial charge is 0.260 e. The molecule has 0 bridgehead atoms. The van der Waals surface area contributed by atoms with Crippen molar-refractivity contribution in [1.29, 1.82) is 5.41 Å². The zero-order valence-corrected chi connectivity index (χ0v) is 18.2. The zero-order valence-electron chi connectivity index (χ0n) is 17.2. The van der Waals surface area contributed by atoms with Crippen LogP contribution in [0.15, 0.2) is 78.9 Å². The van der Waals surface area contributed by atoms with Crippen molar-refractivity contribution < 1.29 is 0 Å². The molecule has 2 N–H and O–H groups in total. The molecule has 3 aromatic carbocycles. The van der Waals surface area contributed by atoms with Crippen molar-refractivity contribution in [2.75, 3.05) is 4.98 Å². The first-order chi connectivity index (χ1) is 13.5. The maximum Gasteiger partial charge on any atom is 0.260 e. The van der Waals surface area contributed by atoms with Crippen LogP contribution in [-0.4, -0.2) is 14.3 Å². The molecule has 0 aliphatic carbocycles. The maximum atomic E-state index is 9.01. The Labute approximate surface area is 170 Å². The van der Waals surface area contributed by atoms with Gasteiger partial charge >= 0.3 is 0 Å². The van der Waals surface area contributed by atoms with Gasteiger partial charge in [0.1, 0.15) is 0 Å². The molecule has 0 saturated carbocycles. The highest BCUT2D eigenvalue weighted by Gasteiger charge is 2.25. The van der Waals surface area contributed by atoms with E-state index in [-0.39, 0.29) is 0 Å². The monoisotopic (exact) mass is 385 g/mol. The minimum absolute atomic E-state index is 0.422. The average molecular weight is 386 g/mol. The van der Waals surface area contributed by atoms with Crippen LogP contribution in [0.25, 0.3) is 0 Å². The third kappa shape index (κ3) is 4.42. The second-order valence-corrected chi connectivity index (χ2v) is 9.81. The Morgan fingerprint density at radius 3 is 1.71 bits per heavy atom. The first kappa shape index (κ1) is 20.1. The van der Waals surface area contributed by atoms with Crippen molar-refractivity contribution in [1.82, 2.24) is 0 Å². The number of rotatable bonds is 7. The number of para-hydroxylation sites is 1. The molecule has 28 heavy (non-hydrogen) atoms. The van der Waals surface area contributed by atoms with E-state index < -0.39 is 8.96 Å². The van der Waals surface area contributed by atoms with E-state index in [1.165, 1.54) is 22.0 Å². The van der Waals surface area contributed by atoms with Gasteiger partial charge in [-0.3, -0.25) is 0 Å². The number of hydrogen-bond acceptors (Lipinski definition) is 2. The van der Waals surface area contributed by atoms with Gasteiger partial charge in [-0.25, -0.2) is 0 Å². The van der Waals surface area contributed by atoms with Gasteiger partial charge in [0.15, 0.2) is 0 Å². The summed E-state index contributed by atoms with van der Waals surface area (Å²) in [5.74, 6) is 0.845. The molecule has 0 unspecified atom stereocenters. The zero-order chi connectivity index (χ0) is 20.1. The quantitative estimate of drug-likeness (QED) is 0.388. The fourth-order valence-corrected chi connectivity index (χ4v) is 5.53. The Hall–Kier alpha value is -2.65. The predicted molar refractivity (Wildman–Crippen MR) is 123 cm³/mol. The second-order valence-electron chi connectivity index (χ2n) is 7.73. The second kappa shape index (κ2) is 9.02. The van der Waals surface area contributed by atoms with Crippen LogP contribution in [0.2, 0.25) is 0 Å². The summed E-state index contributed by atoms with van der Waals surface area (Å²) in [6, 6.07) is 27.2. The van der Waals surface area contributed by atoms with E-state index in [0.717, 1.165) is 5.56 Å². The van der Waals surface area contributed by atoms with Crippen LogP contribution in [0.1, 0.15) is 56.2 Å². The van der Waals surface area contributed by atoms with Crippen molar-refractivity contribution >= 4 is 25.2 Å². The Bertz CT molecular complexity index is 892. The molecule has 0 aliphatic rings. The first-order valence-electron chi connectivity index (χ1n) is 9.95. The standard InChI is InChI=1S/C25H29N2Si/c1-18(2)22-16-11-17-23(19(3)4)24(22)27-28(21-14-9-6-10-15-21)25(26)20-12-7-5-8-13-20/h5-19,26-27H,1-4H3. The molecule has 0 atom stereocenters. The van der Waals surface area contributed by atoms with Gasteiger partial charge in [-0.2, -0.15) is 0 Å². The largest absolute Gasteiger partial charge is 0.402 e. The molecular weight excluding hydrogens is 356 g/mol. The van der Waals surface area contributed by atoms with E-state index in [0.29, 0.717) is 17.2 Å². The molecule has 3 rings (SSSR count). The highest BCUT2D eigenvalue weighted by atomic mass is 28.3. The lowest BCUT2D eigenvalue weighted by atomic mass is 9.93. The molecule has 0 saturated heterocycles. The molecule has 3 aromatic rings. The molecular formula is C25H29N2Si. The van der Waals surface area contributed by atoms with E-state index in [9.17, 15) is 0 Å². The van der Waals surface area contributed by atoms with Gasteiger partial charge in [0.25, 0.3) is 8.96 Å². The molecule has 0 aromatic heterocycles. The normalized spacial score (nSPS) is 11.2. The SMILES string of the molecule is CC(C)c1cccc(C(C)C)c1N[Si](C(=N)c1ccccc1)c1ccccc1. The molecule has 0 spiro atoms. The van der Waals surface area contributed by atoms with Gasteiger partial charge in [0.2, 0.25) is 0 Å². The van der Waals surface area contributed by atoms with Crippen molar-refractivity contribution in [2.24, 2.45) is 0 Å². The predicted octanol–water partition coefficient (Wildman–Crippen LogP) is 5.85. The highest BCUT2D eigenvalue weighted by Crippen LogP contribution is 2.32. The number of hydrogen-bond donors (Lipinski definition) is 2. The van der Waals surface area contributed by atoms with Crippen molar-refractivity contribution in [2.45, 2.75) is 39.5 Å². The summed E-state index contributed by atoms with van der Waals surface area (Å²) in [4.78, 5) is 3.87. The van der Waals surface area contributed by atoms with Crippen LogP contribution >= 0.6 is 0 Å². The van der Waals surface area contributed by atoms with Gasteiger partial charge in [-0.1, -0.05) is 107 Å². The molecule has 0 heterocycles. The van der Waals surface area contributed by atoms with Crippen LogP contribution in [0.4, 0.5) is 5.69 Å². The van der Waals surface area contributed by atoms with Crippen molar-refractivity contribution in [3.63, 3.8) is 0 Å². The number of anilines is 1. The molecule has 2 nitrogen and oxygen atoms in total. The van der Waals surface area contributed by atoms with E-state index in [1.807, 2.05) is 36.4 Å². The van der Waals surface area contributed by atoms with Crippen LogP contribution in [-0.2, 0) is 0 Å². The molecule has 1 radical (unpaired) electrons. The summed E-state index contributed by atoms with van der Waals surface area (Å²) >= 11 is 0. The molecule has 0 fully saturated rings. The summed E-state index contributed by atoms with van der Waals surface area (Å²) in [6.07, 6.45) is 0. The van der Waals surface area contributed by atoms with E-state index in [1.54, 1.807) is 0 Å². The summed E-state index contributed by atoms with van der Waals surface area (Å²) in [5, 5.41) is 10.9. The Kier molecular flexibility index (Phi) is 6.48. The number of benzene rings is 3. The van der Waals surface area contributed by atoms with E-state index in [4.69, 9.17) is 5.41 Å². The highest BCUT2D eigenvalue weighted by molar-refractivity contribution is 7.04. The molecule has 0 aliphatic heterocycles. The fourth-order valence-electron chi connectivity index (χ4n) is 3.45. The minimum atomic E-state index is -1.48. The third-order valence-electron chi connectivity index (χ3n) is 5.00. The van der Waals surface area contributed by atoms with Gasteiger partial charge in [-0.05, 0) is 33.7 Å².